The number of ether oxygens (including phenoxy) is 2. The topological polar surface area (TPSA) is 117 Å². The van der Waals surface area contributed by atoms with Crippen molar-refractivity contribution in [3.05, 3.63) is 60.8 Å². The van der Waals surface area contributed by atoms with Crippen LogP contribution >= 0.6 is 7.82 Å². The zero-order valence-corrected chi connectivity index (χ0v) is 28.5. The fraction of sp³-hybridized carbons (Fsp3) is 0.686. The van der Waals surface area contributed by atoms with Crippen LogP contribution in [0.3, 0.4) is 0 Å². The number of hydrogen-bond acceptors (Lipinski definition) is 7. The van der Waals surface area contributed by atoms with Crippen molar-refractivity contribution in [3.8, 4) is 0 Å². The summed E-state index contributed by atoms with van der Waals surface area (Å²) >= 11 is 0. The molecule has 0 aliphatic heterocycles. The Kier molecular flexibility index (Phi) is 31.3. The lowest BCUT2D eigenvalue weighted by molar-refractivity contribution is -0.154. The van der Waals surface area contributed by atoms with Gasteiger partial charge in [0.05, 0.1) is 19.8 Å². The van der Waals surface area contributed by atoms with Gasteiger partial charge in [-0.15, -0.1) is 0 Å². The first kappa shape index (κ1) is 42.2. The molecule has 3 N–H and O–H groups in total. The molecule has 0 fully saturated rings. The third kappa shape index (κ3) is 31.6. The van der Waals surface area contributed by atoms with Gasteiger partial charge in [-0.1, -0.05) is 113 Å². The molecular weight excluding hydrogens is 577 g/mol. The van der Waals surface area contributed by atoms with Crippen molar-refractivity contribution < 1.29 is 32.8 Å². The standard InChI is InChI=1S/C35H62NO7P/c1-3-5-7-9-11-12-13-14-15-16-17-18-19-20-21-23-25-27-30-40-32-34(33-42-44(38,39)41-31-29-36)43-35(37)28-26-24-22-10-8-6-4-2/h5,7,11-12,14-15,17-18,20-21,34H,3-4,6,8-10,13,16,19,22-33,36H2,1-2H3,(H,38,39)/b7-5-,12-11-,15-14-,18-17-,21-20-. The van der Waals surface area contributed by atoms with Gasteiger partial charge in [0.1, 0.15) is 6.10 Å². The van der Waals surface area contributed by atoms with Crippen LogP contribution < -0.4 is 5.73 Å². The van der Waals surface area contributed by atoms with Crippen LogP contribution in [0.15, 0.2) is 60.8 Å². The highest BCUT2D eigenvalue weighted by Gasteiger charge is 2.25. The molecular formula is C35H62NO7P. The maximum Gasteiger partial charge on any atom is 0.472 e. The summed E-state index contributed by atoms with van der Waals surface area (Å²) in [6.45, 7) is 4.61. The van der Waals surface area contributed by atoms with Crippen molar-refractivity contribution in [2.75, 3.05) is 33.0 Å². The number of rotatable bonds is 31. The second kappa shape index (κ2) is 32.6. The monoisotopic (exact) mass is 639 g/mol. The van der Waals surface area contributed by atoms with E-state index in [0.717, 1.165) is 70.6 Å². The summed E-state index contributed by atoms with van der Waals surface area (Å²) in [5, 5.41) is 0. The van der Waals surface area contributed by atoms with Gasteiger partial charge in [-0.05, 0) is 57.8 Å². The molecule has 0 rings (SSSR count). The summed E-state index contributed by atoms with van der Waals surface area (Å²) < 4.78 is 33.0. The highest BCUT2D eigenvalue weighted by atomic mass is 31.2. The zero-order valence-electron chi connectivity index (χ0n) is 27.6. The van der Waals surface area contributed by atoms with Crippen LogP contribution in [0.1, 0.15) is 117 Å². The maximum absolute atomic E-state index is 12.4. The van der Waals surface area contributed by atoms with Gasteiger partial charge in [0, 0.05) is 19.6 Å². The van der Waals surface area contributed by atoms with E-state index in [-0.39, 0.29) is 32.3 Å². The number of carbonyl (C=O) groups excluding carboxylic acids is 1. The second-order valence-electron chi connectivity index (χ2n) is 10.6. The van der Waals surface area contributed by atoms with Crippen LogP contribution in [-0.2, 0) is 27.9 Å². The minimum atomic E-state index is -4.27. The number of unbranched alkanes of at least 4 members (excludes halogenated alkanes) is 8. The van der Waals surface area contributed by atoms with E-state index in [1.165, 1.54) is 25.7 Å². The smallest absolute Gasteiger partial charge is 0.457 e. The summed E-state index contributed by atoms with van der Waals surface area (Å²) in [7, 11) is -4.27. The Labute approximate surface area is 268 Å². The first-order valence-corrected chi connectivity index (χ1v) is 18.3. The van der Waals surface area contributed by atoms with Crippen LogP contribution in [0, 0.1) is 0 Å². The molecule has 0 radical (unpaired) electrons. The Balaban J connectivity index is 4.18. The molecule has 0 aromatic carbocycles. The summed E-state index contributed by atoms with van der Waals surface area (Å²) in [6.07, 6.45) is 36.8. The largest absolute Gasteiger partial charge is 0.472 e. The molecule has 0 saturated carbocycles. The van der Waals surface area contributed by atoms with Gasteiger partial charge >= 0.3 is 13.8 Å². The van der Waals surface area contributed by atoms with Gasteiger partial charge < -0.3 is 20.1 Å². The highest BCUT2D eigenvalue weighted by molar-refractivity contribution is 7.47. The van der Waals surface area contributed by atoms with E-state index in [2.05, 4.69) is 74.6 Å². The van der Waals surface area contributed by atoms with E-state index in [4.69, 9.17) is 24.3 Å². The van der Waals surface area contributed by atoms with Crippen LogP contribution in [0.25, 0.3) is 0 Å². The van der Waals surface area contributed by atoms with Gasteiger partial charge in [-0.25, -0.2) is 4.57 Å². The number of hydrogen-bond donors (Lipinski definition) is 2. The van der Waals surface area contributed by atoms with Crippen LogP contribution in [0.2, 0.25) is 0 Å². The molecule has 9 heteroatoms. The number of carbonyl (C=O) groups is 1. The number of phosphoric acid groups is 1. The number of allylic oxidation sites excluding steroid dienone is 10. The van der Waals surface area contributed by atoms with Gasteiger partial charge in [0.2, 0.25) is 0 Å². The molecule has 2 unspecified atom stereocenters. The second-order valence-corrected chi connectivity index (χ2v) is 12.1. The minimum Gasteiger partial charge on any atom is -0.457 e. The number of phosphoric ester groups is 1. The molecule has 0 spiro atoms. The third-order valence-corrected chi connectivity index (χ3v) is 7.43. The van der Waals surface area contributed by atoms with Gasteiger partial charge in [0.15, 0.2) is 0 Å². The van der Waals surface area contributed by atoms with E-state index >= 15 is 0 Å². The van der Waals surface area contributed by atoms with Crippen molar-refractivity contribution in [3.63, 3.8) is 0 Å². The lowest BCUT2D eigenvalue weighted by Crippen LogP contribution is -2.28. The maximum atomic E-state index is 12.4. The molecule has 8 nitrogen and oxygen atoms in total. The molecule has 0 aromatic heterocycles. The predicted octanol–water partition coefficient (Wildman–Crippen LogP) is 9.07. The summed E-state index contributed by atoms with van der Waals surface area (Å²) in [5.74, 6) is -0.357. The fourth-order valence-corrected chi connectivity index (χ4v) is 4.79. The van der Waals surface area contributed by atoms with Crippen molar-refractivity contribution in [2.24, 2.45) is 5.73 Å². The summed E-state index contributed by atoms with van der Waals surface area (Å²) in [5.41, 5.74) is 5.32. The first-order valence-electron chi connectivity index (χ1n) is 16.8. The van der Waals surface area contributed by atoms with E-state index in [1.807, 2.05) is 0 Å². The minimum absolute atomic E-state index is 0.0846. The van der Waals surface area contributed by atoms with E-state index in [1.54, 1.807) is 0 Å². The van der Waals surface area contributed by atoms with Crippen molar-refractivity contribution in [1.82, 2.24) is 0 Å². The fourth-order valence-electron chi connectivity index (χ4n) is 4.02. The Bertz CT molecular complexity index is 854. The Morgan fingerprint density at radius 2 is 1.27 bits per heavy atom. The van der Waals surface area contributed by atoms with Crippen LogP contribution in [0.5, 0.6) is 0 Å². The highest BCUT2D eigenvalue weighted by Crippen LogP contribution is 2.43. The normalized spacial score (nSPS) is 14.5. The average molecular weight is 640 g/mol. The zero-order chi connectivity index (χ0) is 32.4. The molecule has 0 heterocycles. The van der Waals surface area contributed by atoms with Gasteiger partial charge in [0.25, 0.3) is 0 Å². The molecule has 0 aliphatic rings. The Morgan fingerprint density at radius 3 is 1.86 bits per heavy atom. The molecule has 0 aliphatic carbocycles. The van der Waals surface area contributed by atoms with Crippen molar-refractivity contribution in [2.45, 2.75) is 123 Å². The number of esters is 1. The average Bonchev–Trinajstić information content (AvgIpc) is 3.01. The molecule has 0 amide bonds. The Morgan fingerprint density at radius 1 is 0.705 bits per heavy atom. The molecule has 254 valence electrons. The summed E-state index contributed by atoms with van der Waals surface area (Å²) in [6, 6.07) is 0. The molecule has 2 atom stereocenters. The van der Waals surface area contributed by atoms with Crippen molar-refractivity contribution >= 4 is 13.8 Å². The first-order chi connectivity index (χ1) is 21.4. The van der Waals surface area contributed by atoms with E-state index < -0.39 is 13.9 Å². The lowest BCUT2D eigenvalue weighted by Gasteiger charge is -2.20. The SMILES string of the molecule is CC/C=C\C/C=C\C/C=C\C/C=C\C/C=C\CCCCOCC(COP(=O)(O)OCCN)OC(=O)CCCCCCCCC. The predicted molar refractivity (Wildman–Crippen MR) is 182 cm³/mol. The van der Waals surface area contributed by atoms with Crippen molar-refractivity contribution in [1.29, 1.82) is 0 Å². The Hall–Kier alpha value is -1.80. The third-order valence-electron chi connectivity index (χ3n) is 6.45. The lowest BCUT2D eigenvalue weighted by atomic mass is 10.1. The quantitative estimate of drug-likeness (QED) is 0.0334. The van der Waals surface area contributed by atoms with E-state index in [0.29, 0.717) is 13.0 Å². The molecule has 44 heavy (non-hydrogen) atoms. The van der Waals surface area contributed by atoms with Gasteiger partial charge in [-0.2, -0.15) is 0 Å². The van der Waals surface area contributed by atoms with Gasteiger partial charge in [-0.3, -0.25) is 13.8 Å². The number of nitrogens with two attached hydrogens (primary N) is 1. The molecule has 0 aromatic rings. The molecule has 0 saturated heterocycles. The van der Waals surface area contributed by atoms with Crippen LogP contribution in [0.4, 0.5) is 0 Å². The summed E-state index contributed by atoms with van der Waals surface area (Å²) in [4.78, 5) is 22.1. The van der Waals surface area contributed by atoms with Crippen LogP contribution in [-0.4, -0.2) is 49.9 Å². The molecule has 0 bridgehead atoms. The van der Waals surface area contributed by atoms with E-state index in [9.17, 15) is 14.3 Å².